The van der Waals surface area contributed by atoms with Crippen LogP contribution in [0.5, 0.6) is 11.5 Å². The van der Waals surface area contributed by atoms with Crippen molar-refractivity contribution in [2.75, 3.05) is 26.4 Å². The number of carbonyl (C=O) groups excluding carboxylic acids is 1. The van der Waals surface area contributed by atoms with Crippen molar-refractivity contribution in [1.29, 1.82) is 0 Å². The standard InChI is InChI=1S/C18H22N2O5/c21-16(8-12-1-2-14-15(7-12)25-11-24-14)20-5-3-18(4-6-20)9-13(17(22)23)19-10-18/h1-2,7,13,19H,3-6,8-11H2,(H,22,23). The smallest absolute Gasteiger partial charge is 0.320 e. The van der Waals surface area contributed by atoms with Crippen molar-refractivity contribution < 1.29 is 24.2 Å². The Labute approximate surface area is 145 Å². The molecule has 25 heavy (non-hydrogen) atoms. The zero-order chi connectivity index (χ0) is 17.4. The van der Waals surface area contributed by atoms with E-state index >= 15 is 0 Å². The number of nitrogens with zero attached hydrogens (tertiary/aromatic N) is 1. The molecule has 3 heterocycles. The fourth-order valence-electron chi connectivity index (χ4n) is 4.04. The van der Waals surface area contributed by atoms with Crippen LogP contribution in [0.3, 0.4) is 0 Å². The zero-order valence-corrected chi connectivity index (χ0v) is 14.0. The van der Waals surface area contributed by atoms with E-state index in [1.807, 2.05) is 23.1 Å². The van der Waals surface area contributed by atoms with Crippen molar-refractivity contribution in [3.8, 4) is 11.5 Å². The maximum Gasteiger partial charge on any atom is 0.320 e. The number of fused-ring (bicyclic) bond motifs is 1. The molecule has 0 aliphatic carbocycles. The minimum absolute atomic E-state index is 0.0264. The average molecular weight is 346 g/mol. The lowest BCUT2D eigenvalue weighted by Gasteiger charge is -2.39. The molecule has 134 valence electrons. The summed E-state index contributed by atoms with van der Waals surface area (Å²) < 4.78 is 10.6. The van der Waals surface area contributed by atoms with E-state index in [1.54, 1.807) is 0 Å². The van der Waals surface area contributed by atoms with Crippen LogP contribution in [0.4, 0.5) is 0 Å². The lowest BCUT2D eigenvalue weighted by molar-refractivity contribution is -0.139. The number of amides is 1. The van der Waals surface area contributed by atoms with E-state index in [-0.39, 0.29) is 18.1 Å². The highest BCUT2D eigenvalue weighted by molar-refractivity contribution is 5.79. The molecular formula is C18H22N2O5. The highest BCUT2D eigenvalue weighted by Crippen LogP contribution is 2.39. The lowest BCUT2D eigenvalue weighted by atomic mass is 9.76. The highest BCUT2D eigenvalue weighted by atomic mass is 16.7. The number of likely N-dealkylation sites (tertiary alicyclic amines) is 1. The first-order valence-electron chi connectivity index (χ1n) is 8.67. The van der Waals surface area contributed by atoms with Crippen molar-refractivity contribution >= 4 is 11.9 Å². The number of carbonyl (C=O) groups is 2. The summed E-state index contributed by atoms with van der Waals surface area (Å²) in [5.41, 5.74) is 0.946. The Morgan fingerprint density at radius 2 is 2.00 bits per heavy atom. The van der Waals surface area contributed by atoms with Crippen LogP contribution in [0.25, 0.3) is 0 Å². The summed E-state index contributed by atoms with van der Waals surface area (Å²) in [5.74, 6) is 0.741. The van der Waals surface area contributed by atoms with Gasteiger partial charge in [-0.05, 0) is 42.4 Å². The van der Waals surface area contributed by atoms with Gasteiger partial charge in [-0.15, -0.1) is 0 Å². The molecule has 1 atom stereocenters. The van der Waals surface area contributed by atoms with Crippen LogP contribution in [0, 0.1) is 5.41 Å². The van der Waals surface area contributed by atoms with Crippen molar-refractivity contribution in [3.63, 3.8) is 0 Å². The quantitative estimate of drug-likeness (QED) is 0.849. The van der Waals surface area contributed by atoms with Crippen molar-refractivity contribution in [3.05, 3.63) is 23.8 Å². The number of nitrogens with one attached hydrogen (secondary N) is 1. The van der Waals surface area contributed by atoms with Gasteiger partial charge in [0.25, 0.3) is 0 Å². The summed E-state index contributed by atoms with van der Waals surface area (Å²) in [4.78, 5) is 25.6. The van der Waals surface area contributed by atoms with Crippen LogP contribution in [0.1, 0.15) is 24.8 Å². The van der Waals surface area contributed by atoms with Crippen molar-refractivity contribution in [2.24, 2.45) is 5.41 Å². The summed E-state index contributed by atoms with van der Waals surface area (Å²) in [6, 6.07) is 5.15. The maximum atomic E-state index is 12.6. The molecule has 2 fully saturated rings. The minimum atomic E-state index is -0.779. The summed E-state index contributed by atoms with van der Waals surface area (Å²) >= 11 is 0. The molecule has 0 saturated carbocycles. The van der Waals surface area contributed by atoms with Gasteiger partial charge >= 0.3 is 5.97 Å². The minimum Gasteiger partial charge on any atom is -0.480 e. The second-order valence-corrected chi connectivity index (χ2v) is 7.22. The van der Waals surface area contributed by atoms with Gasteiger partial charge in [-0.25, -0.2) is 0 Å². The van der Waals surface area contributed by atoms with Gasteiger partial charge in [0.1, 0.15) is 6.04 Å². The topological polar surface area (TPSA) is 88.1 Å². The van der Waals surface area contributed by atoms with Gasteiger partial charge in [0, 0.05) is 19.6 Å². The van der Waals surface area contributed by atoms with E-state index in [2.05, 4.69) is 5.32 Å². The lowest BCUT2D eigenvalue weighted by Crippen LogP contribution is -2.44. The zero-order valence-electron chi connectivity index (χ0n) is 14.0. The van der Waals surface area contributed by atoms with Gasteiger partial charge < -0.3 is 24.8 Å². The third-order valence-electron chi connectivity index (χ3n) is 5.63. The molecule has 0 radical (unpaired) electrons. The van der Waals surface area contributed by atoms with E-state index in [1.165, 1.54) is 0 Å². The molecule has 2 saturated heterocycles. The van der Waals surface area contributed by atoms with Gasteiger partial charge in [0.15, 0.2) is 11.5 Å². The molecular weight excluding hydrogens is 324 g/mol. The highest BCUT2D eigenvalue weighted by Gasteiger charge is 2.44. The molecule has 7 heteroatoms. The van der Waals surface area contributed by atoms with Crippen LogP contribution in [0.2, 0.25) is 0 Å². The van der Waals surface area contributed by atoms with E-state index in [9.17, 15) is 9.59 Å². The largest absolute Gasteiger partial charge is 0.480 e. The molecule has 1 aromatic carbocycles. The Bertz CT molecular complexity index is 697. The Hall–Kier alpha value is -2.28. The number of ether oxygens (including phenoxy) is 2. The van der Waals surface area contributed by atoms with E-state index in [0.29, 0.717) is 31.7 Å². The number of carboxylic acid groups (broad SMARTS) is 1. The number of piperidine rings is 1. The van der Waals surface area contributed by atoms with Crippen LogP contribution in [-0.4, -0.2) is 54.4 Å². The molecule has 7 nitrogen and oxygen atoms in total. The second kappa shape index (κ2) is 6.22. The molecule has 1 spiro atoms. The van der Waals surface area contributed by atoms with E-state index in [4.69, 9.17) is 14.6 Å². The number of aliphatic carboxylic acids is 1. The third kappa shape index (κ3) is 3.16. The molecule has 1 aromatic rings. The van der Waals surface area contributed by atoms with Crippen LogP contribution >= 0.6 is 0 Å². The Balaban J connectivity index is 1.33. The van der Waals surface area contributed by atoms with Crippen LogP contribution in [0.15, 0.2) is 18.2 Å². The summed E-state index contributed by atoms with van der Waals surface area (Å²) in [7, 11) is 0. The molecule has 1 unspecified atom stereocenters. The van der Waals surface area contributed by atoms with Gasteiger partial charge in [0.2, 0.25) is 12.7 Å². The molecule has 3 aliphatic rings. The average Bonchev–Trinajstić information content (AvgIpc) is 3.22. The Kier molecular flexibility index (Phi) is 4.03. The van der Waals surface area contributed by atoms with Gasteiger partial charge in [0.05, 0.1) is 6.42 Å². The fraction of sp³-hybridized carbons (Fsp3) is 0.556. The first-order chi connectivity index (χ1) is 12.0. The molecule has 0 bridgehead atoms. The summed E-state index contributed by atoms with van der Waals surface area (Å²) in [6.07, 6.45) is 2.72. The summed E-state index contributed by atoms with van der Waals surface area (Å²) in [6.45, 7) is 2.34. The number of benzene rings is 1. The first kappa shape index (κ1) is 16.2. The monoisotopic (exact) mass is 346 g/mol. The molecule has 0 aromatic heterocycles. The van der Waals surface area contributed by atoms with Gasteiger partial charge in [-0.3, -0.25) is 9.59 Å². The van der Waals surface area contributed by atoms with Crippen LogP contribution < -0.4 is 14.8 Å². The number of hydrogen-bond acceptors (Lipinski definition) is 5. The van der Waals surface area contributed by atoms with E-state index < -0.39 is 12.0 Å². The van der Waals surface area contributed by atoms with E-state index in [0.717, 1.165) is 30.7 Å². The summed E-state index contributed by atoms with van der Waals surface area (Å²) in [5, 5.41) is 12.2. The van der Waals surface area contributed by atoms with Crippen molar-refractivity contribution in [1.82, 2.24) is 10.2 Å². The predicted molar refractivity (Wildman–Crippen MR) is 88.6 cm³/mol. The first-order valence-corrected chi connectivity index (χ1v) is 8.67. The maximum absolute atomic E-state index is 12.6. The Morgan fingerprint density at radius 1 is 1.24 bits per heavy atom. The Morgan fingerprint density at radius 3 is 2.72 bits per heavy atom. The SMILES string of the molecule is O=C(O)C1CC2(CCN(C(=O)Cc3ccc4c(c3)OCO4)CC2)CN1. The molecule has 4 rings (SSSR count). The van der Waals surface area contributed by atoms with Crippen LogP contribution in [-0.2, 0) is 16.0 Å². The molecule has 3 aliphatic heterocycles. The normalized spacial score (nSPS) is 23.8. The number of rotatable bonds is 3. The fourth-order valence-corrected chi connectivity index (χ4v) is 4.04. The van der Waals surface area contributed by atoms with Crippen molar-refractivity contribution in [2.45, 2.75) is 31.7 Å². The van der Waals surface area contributed by atoms with Gasteiger partial charge in [-0.2, -0.15) is 0 Å². The molecule has 2 N–H and O–H groups in total. The predicted octanol–water partition coefficient (Wildman–Crippen LogP) is 1.01. The molecule has 1 amide bonds. The number of carboxylic acids is 1. The second-order valence-electron chi connectivity index (χ2n) is 7.22. The third-order valence-corrected chi connectivity index (χ3v) is 5.63. The number of hydrogen-bond donors (Lipinski definition) is 2. The van der Waals surface area contributed by atoms with Gasteiger partial charge in [-0.1, -0.05) is 6.07 Å².